The molecule has 0 aliphatic carbocycles. The first kappa shape index (κ1) is 17.9. The number of carbonyl (C=O) groups is 1. The van der Waals surface area contributed by atoms with Crippen molar-refractivity contribution in [3.05, 3.63) is 59.2 Å². The molecule has 0 radical (unpaired) electrons. The third kappa shape index (κ3) is 4.75. The Hall–Kier alpha value is -2.49. The van der Waals surface area contributed by atoms with Crippen molar-refractivity contribution in [2.45, 2.75) is 33.2 Å². The molecule has 0 spiro atoms. The summed E-state index contributed by atoms with van der Waals surface area (Å²) in [6.45, 7) is 6.22. The molecule has 1 amide bonds. The van der Waals surface area contributed by atoms with E-state index in [0.717, 1.165) is 17.7 Å². The number of ether oxygens (including phenoxy) is 2. The van der Waals surface area contributed by atoms with Gasteiger partial charge in [0.05, 0.1) is 13.2 Å². The number of methoxy groups -OCH3 is 1. The lowest BCUT2D eigenvalue weighted by molar-refractivity contribution is -0.123. The van der Waals surface area contributed by atoms with E-state index >= 15 is 0 Å². The molecule has 24 heavy (non-hydrogen) atoms. The highest BCUT2D eigenvalue weighted by Gasteiger charge is 2.13. The zero-order valence-electron chi connectivity index (χ0n) is 14.8. The lowest BCUT2D eigenvalue weighted by Gasteiger charge is -2.19. The van der Waals surface area contributed by atoms with Crippen LogP contribution in [0.2, 0.25) is 0 Å². The van der Waals surface area contributed by atoms with Crippen molar-refractivity contribution in [3.8, 4) is 11.5 Å². The van der Waals surface area contributed by atoms with Gasteiger partial charge in [0.25, 0.3) is 5.91 Å². The molecular formula is C20H25NO3. The summed E-state index contributed by atoms with van der Waals surface area (Å²) in [5.41, 5.74) is 3.61. The first-order valence-electron chi connectivity index (χ1n) is 8.16. The van der Waals surface area contributed by atoms with Gasteiger partial charge in [0.15, 0.2) is 6.61 Å². The molecule has 2 rings (SSSR count). The number of rotatable bonds is 7. The third-order valence-corrected chi connectivity index (χ3v) is 4.11. The molecule has 1 unspecified atom stereocenters. The minimum absolute atomic E-state index is 0.00346. The quantitative estimate of drug-likeness (QED) is 0.837. The van der Waals surface area contributed by atoms with E-state index in [1.54, 1.807) is 31.4 Å². The Bertz CT molecular complexity index is 680. The molecule has 1 N–H and O–H groups in total. The van der Waals surface area contributed by atoms with Crippen LogP contribution in [0.4, 0.5) is 0 Å². The minimum atomic E-state index is -0.129. The van der Waals surface area contributed by atoms with Crippen molar-refractivity contribution in [3.63, 3.8) is 0 Å². The molecule has 0 saturated carbocycles. The largest absolute Gasteiger partial charge is 0.497 e. The van der Waals surface area contributed by atoms with Crippen LogP contribution in [0, 0.1) is 13.8 Å². The summed E-state index contributed by atoms with van der Waals surface area (Å²) in [4.78, 5) is 12.2. The van der Waals surface area contributed by atoms with E-state index in [1.807, 2.05) is 0 Å². The molecule has 128 valence electrons. The molecule has 0 saturated heterocycles. The normalized spacial score (nSPS) is 11.7. The zero-order chi connectivity index (χ0) is 17.5. The fraction of sp³-hybridized carbons (Fsp3) is 0.350. The molecule has 0 aliphatic heterocycles. The van der Waals surface area contributed by atoms with Gasteiger partial charge in [-0.15, -0.1) is 0 Å². The van der Waals surface area contributed by atoms with Crippen LogP contribution in [-0.4, -0.2) is 19.6 Å². The fourth-order valence-electron chi connectivity index (χ4n) is 2.46. The molecule has 0 fully saturated rings. The van der Waals surface area contributed by atoms with Crippen molar-refractivity contribution >= 4 is 5.91 Å². The van der Waals surface area contributed by atoms with E-state index < -0.39 is 0 Å². The highest BCUT2D eigenvalue weighted by molar-refractivity contribution is 5.78. The molecule has 0 aromatic heterocycles. The topological polar surface area (TPSA) is 47.6 Å². The van der Waals surface area contributed by atoms with Gasteiger partial charge >= 0.3 is 0 Å². The Morgan fingerprint density at radius 3 is 2.29 bits per heavy atom. The van der Waals surface area contributed by atoms with Gasteiger partial charge in [0.1, 0.15) is 11.5 Å². The lowest BCUT2D eigenvalue weighted by atomic mass is 9.99. The van der Waals surface area contributed by atoms with Crippen LogP contribution < -0.4 is 14.8 Å². The standard InChI is InChI=1S/C20H25NO3/c1-5-19(16-7-6-14(2)15(3)12-16)21-20(22)13-24-18-10-8-17(23-4)9-11-18/h6-12,19H,5,13H2,1-4H3,(H,21,22). The molecule has 0 bridgehead atoms. The van der Waals surface area contributed by atoms with E-state index in [1.165, 1.54) is 11.1 Å². The van der Waals surface area contributed by atoms with Crippen LogP contribution in [0.25, 0.3) is 0 Å². The average molecular weight is 327 g/mol. The number of benzene rings is 2. The van der Waals surface area contributed by atoms with Gasteiger partial charge in [-0.2, -0.15) is 0 Å². The van der Waals surface area contributed by atoms with Gasteiger partial charge in [-0.25, -0.2) is 0 Å². The second-order valence-electron chi connectivity index (χ2n) is 5.84. The van der Waals surface area contributed by atoms with Crippen LogP contribution in [0.3, 0.4) is 0 Å². The number of nitrogens with one attached hydrogen (secondary N) is 1. The molecule has 2 aromatic carbocycles. The summed E-state index contributed by atoms with van der Waals surface area (Å²) < 4.78 is 10.6. The Labute approximate surface area is 143 Å². The molecule has 0 aliphatic rings. The summed E-state index contributed by atoms with van der Waals surface area (Å²) in [5.74, 6) is 1.27. The smallest absolute Gasteiger partial charge is 0.258 e. The van der Waals surface area contributed by atoms with Crippen LogP contribution in [0.5, 0.6) is 11.5 Å². The van der Waals surface area contributed by atoms with E-state index in [-0.39, 0.29) is 18.6 Å². The average Bonchev–Trinajstić information content (AvgIpc) is 2.60. The summed E-state index contributed by atoms with van der Waals surface area (Å²) >= 11 is 0. The van der Waals surface area contributed by atoms with Gasteiger partial charge in [-0.3, -0.25) is 4.79 Å². The highest BCUT2D eigenvalue weighted by atomic mass is 16.5. The van der Waals surface area contributed by atoms with Gasteiger partial charge < -0.3 is 14.8 Å². The second kappa shape index (κ2) is 8.39. The maximum Gasteiger partial charge on any atom is 0.258 e. The highest BCUT2D eigenvalue weighted by Crippen LogP contribution is 2.20. The third-order valence-electron chi connectivity index (χ3n) is 4.11. The summed E-state index contributed by atoms with van der Waals surface area (Å²) in [6, 6.07) is 13.5. The minimum Gasteiger partial charge on any atom is -0.497 e. The Morgan fingerprint density at radius 2 is 1.71 bits per heavy atom. The van der Waals surface area contributed by atoms with E-state index in [9.17, 15) is 4.79 Å². The number of hydrogen-bond donors (Lipinski definition) is 1. The van der Waals surface area contributed by atoms with Crippen LogP contribution in [-0.2, 0) is 4.79 Å². The monoisotopic (exact) mass is 327 g/mol. The maximum absolute atomic E-state index is 12.2. The predicted octanol–water partition coefficient (Wildman–Crippen LogP) is 3.96. The van der Waals surface area contributed by atoms with Crippen molar-refractivity contribution in [1.82, 2.24) is 5.32 Å². The van der Waals surface area contributed by atoms with Gasteiger partial charge in [-0.1, -0.05) is 25.1 Å². The summed E-state index contributed by atoms with van der Waals surface area (Å²) in [7, 11) is 1.61. The Kier molecular flexibility index (Phi) is 6.24. The molecule has 0 heterocycles. The van der Waals surface area contributed by atoms with E-state index in [2.05, 4.69) is 44.3 Å². The van der Waals surface area contributed by atoms with Crippen molar-refractivity contribution in [2.75, 3.05) is 13.7 Å². The summed E-state index contributed by atoms with van der Waals surface area (Å²) in [6.07, 6.45) is 0.830. The van der Waals surface area contributed by atoms with Crippen molar-refractivity contribution in [1.29, 1.82) is 0 Å². The predicted molar refractivity (Wildman–Crippen MR) is 95.6 cm³/mol. The van der Waals surface area contributed by atoms with E-state index in [4.69, 9.17) is 9.47 Å². The number of hydrogen-bond acceptors (Lipinski definition) is 3. The van der Waals surface area contributed by atoms with Gasteiger partial charge in [0.2, 0.25) is 0 Å². The zero-order valence-corrected chi connectivity index (χ0v) is 14.8. The van der Waals surface area contributed by atoms with Gasteiger partial charge in [-0.05, 0) is 61.2 Å². The molecular weight excluding hydrogens is 302 g/mol. The first-order valence-corrected chi connectivity index (χ1v) is 8.16. The molecule has 2 aromatic rings. The van der Waals surface area contributed by atoms with Crippen molar-refractivity contribution < 1.29 is 14.3 Å². The Morgan fingerprint density at radius 1 is 1.04 bits per heavy atom. The SMILES string of the molecule is CCC(NC(=O)COc1ccc(OC)cc1)c1ccc(C)c(C)c1. The van der Waals surface area contributed by atoms with Crippen LogP contribution in [0.1, 0.15) is 36.1 Å². The summed E-state index contributed by atoms with van der Waals surface area (Å²) in [5, 5.41) is 3.03. The van der Waals surface area contributed by atoms with Gasteiger partial charge in [0, 0.05) is 0 Å². The molecule has 4 heteroatoms. The van der Waals surface area contributed by atoms with Crippen molar-refractivity contribution in [2.24, 2.45) is 0 Å². The number of amides is 1. The second-order valence-corrected chi connectivity index (χ2v) is 5.84. The molecule has 1 atom stereocenters. The number of aryl methyl sites for hydroxylation is 2. The van der Waals surface area contributed by atoms with Crippen LogP contribution >= 0.6 is 0 Å². The fourth-order valence-corrected chi connectivity index (χ4v) is 2.46. The van der Waals surface area contributed by atoms with Crippen LogP contribution in [0.15, 0.2) is 42.5 Å². The lowest BCUT2D eigenvalue weighted by Crippen LogP contribution is -2.32. The molecule has 4 nitrogen and oxygen atoms in total. The number of carbonyl (C=O) groups excluding carboxylic acids is 1. The first-order chi connectivity index (χ1) is 11.5. The maximum atomic E-state index is 12.2. The Balaban J connectivity index is 1.92. The van der Waals surface area contributed by atoms with E-state index in [0.29, 0.717) is 5.75 Å².